The van der Waals surface area contributed by atoms with Crippen LogP contribution in [0.2, 0.25) is 0 Å². The topological polar surface area (TPSA) is 54.4 Å². The third-order valence-electron chi connectivity index (χ3n) is 0.241. The zero-order valence-electron chi connectivity index (χ0n) is 3.85. The van der Waals surface area contributed by atoms with E-state index in [1.807, 2.05) is 0 Å². The molecule has 0 bridgehead atoms. The van der Waals surface area contributed by atoms with Gasteiger partial charge in [0.25, 0.3) is 0 Å². The molecule has 0 atom stereocenters. The molecule has 0 fully saturated rings. The summed E-state index contributed by atoms with van der Waals surface area (Å²) in [6, 6.07) is 0. The van der Waals surface area contributed by atoms with E-state index in [4.69, 9.17) is 5.11 Å². The second-order valence-corrected chi connectivity index (χ2v) is 1.81. The van der Waals surface area contributed by atoms with Crippen LogP contribution in [-0.4, -0.2) is 18.6 Å². The Hall–Kier alpha value is 0.459. The maximum absolute atomic E-state index is 9.41. The molecule has 0 aromatic rings. The van der Waals surface area contributed by atoms with E-state index in [9.17, 15) is 8.42 Å². The monoisotopic (exact) mass is 206 g/mol. The summed E-state index contributed by atoms with van der Waals surface area (Å²) in [6.45, 7) is 1.10. The Morgan fingerprint density at radius 3 is 1.75 bits per heavy atom. The molecule has 0 aliphatic carbocycles. The first-order chi connectivity index (χ1) is 3.64. The zero-order chi connectivity index (χ0) is 7.15. The van der Waals surface area contributed by atoms with Crippen molar-refractivity contribution in [3.8, 4) is 0 Å². The molecule has 0 aromatic heterocycles. The molecule has 0 heterocycles. The average Bonchev–Trinajstić information content (AvgIpc) is 1.72. The summed E-state index contributed by atoms with van der Waals surface area (Å²) in [5, 5.41) is 7.36. The Bertz CT molecular complexity index is 148. The van der Waals surface area contributed by atoms with Crippen molar-refractivity contribution in [3.05, 3.63) is 0 Å². The van der Waals surface area contributed by atoms with Crippen molar-refractivity contribution in [1.82, 2.24) is 0 Å². The fourth-order valence-electron chi connectivity index (χ4n) is 0. The van der Waals surface area contributed by atoms with Crippen LogP contribution in [0.3, 0.4) is 0 Å². The first-order valence-electron chi connectivity index (χ1n) is 1.38. The summed E-state index contributed by atoms with van der Waals surface area (Å²) >= 11 is 3.66. The molecule has 8 heavy (non-hydrogen) atoms. The third kappa shape index (κ3) is 9.68. The van der Waals surface area contributed by atoms with E-state index in [0.717, 1.165) is 6.92 Å². The Labute approximate surface area is 61.2 Å². The van der Waals surface area contributed by atoms with Gasteiger partial charge >= 0.3 is 25.2 Å². The predicted octanol–water partition coefficient (Wildman–Crippen LogP) is 0.260. The van der Waals surface area contributed by atoms with Gasteiger partial charge in [-0.15, -0.1) is 0 Å². The number of hydrogen-bond acceptors (Lipinski definition) is 2. The van der Waals surface area contributed by atoms with E-state index in [2.05, 4.69) is 25.2 Å². The summed E-state index contributed by atoms with van der Waals surface area (Å²) in [5.74, 6) is 0. The van der Waals surface area contributed by atoms with E-state index < -0.39 is 15.3 Å². The van der Waals surface area contributed by atoms with E-state index in [0.29, 0.717) is 0 Å². The minimum absolute atomic E-state index is 0.574. The predicted molar refractivity (Wildman–Crippen MR) is 28.1 cm³/mol. The van der Waals surface area contributed by atoms with Crippen LogP contribution in [0.15, 0.2) is 0 Å². The molecule has 0 radical (unpaired) electrons. The van der Waals surface area contributed by atoms with Gasteiger partial charge in [-0.1, -0.05) is 0 Å². The van der Waals surface area contributed by atoms with Crippen molar-refractivity contribution in [3.63, 3.8) is 0 Å². The minimum atomic E-state index is -2.40. The molecule has 0 spiro atoms. The van der Waals surface area contributed by atoms with Crippen LogP contribution >= 0.6 is 10.1 Å². The van der Waals surface area contributed by atoms with Gasteiger partial charge in [-0.3, -0.25) is 0 Å². The molecule has 3 nitrogen and oxygen atoms in total. The molecule has 0 aliphatic rings. The summed E-state index contributed by atoms with van der Waals surface area (Å²) in [7, 11) is 1.81. The summed E-state index contributed by atoms with van der Waals surface area (Å²) in [6.07, 6.45) is 0. The molecule has 0 aliphatic heterocycles. The number of halogens is 1. The molecule has 54 valence electrons. The SMILES string of the molecule is CC(O)=S(=O)=O.[Cl][Cu]. The maximum atomic E-state index is 9.41. The average molecular weight is 207 g/mol. The molecule has 1 N–H and O–H groups in total. The molecular formula is C2H4ClCuO3S. The molecule has 0 aromatic carbocycles. The second-order valence-electron chi connectivity index (χ2n) is 0.754. The van der Waals surface area contributed by atoms with Crippen LogP contribution in [0.5, 0.6) is 0 Å². The quantitative estimate of drug-likeness (QED) is 0.458. The van der Waals surface area contributed by atoms with E-state index in [1.165, 1.54) is 0 Å². The number of aliphatic hydroxyl groups excluding tert-OH is 1. The summed E-state index contributed by atoms with van der Waals surface area (Å²) in [5.41, 5.74) is 0. The van der Waals surface area contributed by atoms with Crippen LogP contribution in [0.1, 0.15) is 6.92 Å². The first kappa shape index (κ1) is 11.3. The molecule has 0 unspecified atom stereocenters. The third-order valence-corrected chi connectivity index (χ3v) is 0.724. The molecule has 0 saturated heterocycles. The molecule has 0 saturated carbocycles. The fraction of sp³-hybridized carbons (Fsp3) is 0.500. The number of rotatable bonds is 0. The molecular weight excluding hydrogens is 203 g/mol. The van der Waals surface area contributed by atoms with Crippen LogP contribution < -0.4 is 0 Å². The van der Waals surface area contributed by atoms with E-state index in [1.54, 1.807) is 0 Å². The van der Waals surface area contributed by atoms with Gasteiger partial charge in [0, 0.05) is 0 Å². The standard InChI is InChI=1S/C2H4O3S.ClH.Cu/c1-2(3)6(4)5;;/h3H,1H3;1H;/q;;+1/p-1. The fourth-order valence-corrected chi connectivity index (χ4v) is 0. The van der Waals surface area contributed by atoms with Crippen LogP contribution in [0.4, 0.5) is 0 Å². The van der Waals surface area contributed by atoms with Gasteiger partial charge in [-0.05, 0) is 6.92 Å². The van der Waals surface area contributed by atoms with Gasteiger partial charge in [0.05, 0.1) is 0 Å². The van der Waals surface area contributed by atoms with Crippen molar-refractivity contribution >= 4 is 25.4 Å². The number of hydrogen-bond donors (Lipinski definition) is 1. The number of aliphatic hydroxyl groups is 1. The van der Waals surface area contributed by atoms with E-state index >= 15 is 0 Å². The molecule has 0 rings (SSSR count). The Kier molecular flexibility index (Phi) is 10.5. The Morgan fingerprint density at radius 2 is 1.75 bits per heavy atom. The van der Waals surface area contributed by atoms with Crippen molar-refractivity contribution < 1.29 is 28.6 Å². The van der Waals surface area contributed by atoms with Crippen molar-refractivity contribution in [2.75, 3.05) is 0 Å². The Morgan fingerprint density at radius 1 is 1.62 bits per heavy atom. The summed E-state index contributed by atoms with van der Waals surface area (Å²) < 4.78 is 18.8. The van der Waals surface area contributed by atoms with Crippen molar-refractivity contribution in [2.45, 2.75) is 6.92 Å². The van der Waals surface area contributed by atoms with Crippen molar-refractivity contribution in [1.29, 1.82) is 0 Å². The van der Waals surface area contributed by atoms with Crippen LogP contribution in [0.25, 0.3) is 0 Å². The van der Waals surface area contributed by atoms with Crippen LogP contribution in [-0.2, 0) is 25.4 Å². The van der Waals surface area contributed by atoms with Gasteiger partial charge in [0.15, 0.2) is 5.05 Å². The Balaban J connectivity index is 0. The zero-order valence-corrected chi connectivity index (χ0v) is 6.37. The first-order valence-corrected chi connectivity index (χ1v) is 3.75. The van der Waals surface area contributed by atoms with Gasteiger partial charge in [-0.2, -0.15) is 8.42 Å². The van der Waals surface area contributed by atoms with Gasteiger partial charge in [-0.25, -0.2) is 0 Å². The summed E-state index contributed by atoms with van der Waals surface area (Å²) in [4.78, 5) is 0. The van der Waals surface area contributed by atoms with Crippen molar-refractivity contribution in [2.24, 2.45) is 0 Å². The normalized spacial score (nSPS) is 6.62. The van der Waals surface area contributed by atoms with Gasteiger partial charge < -0.3 is 5.11 Å². The van der Waals surface area contributed by atoms with E-state index in [-0.39, 0.29) is 0 Å². The van der Waals surface area contributed by atoms with Crippen LogP contribution in [0, 0.1) is 0 Å². The molecule has 6 heteroatoms. The van der Waals surface area contributed by atoms with Gasteiger partial charge in [0.1, 0.15) is 0 Å². The molecule has 0 amide bonds. The van der Waals surface area contributed by atoms with Gasteiger partial charge in [0.2, 0.25) is 10.3 Å². The second kappa shape index (κ2) is 7.46.